The first-order chi connectivity index (χ1) is 15.1. The van der Waals surface area contributed by atoms with Gasteiger partial charge in [0.25, 0.3) is 0 Å². The highest BCUT2D eigenvalue weighted by atomic mass is 32.1. The Morgan fingerprint density at radius 2 is 1.19 bits per heavy atom. The minimum Gasteiger partial charge on any atom is -0.179 e. The molecule has 0 aromatic carbocycles. The maximum Gasteiger partial charge on any atom is 0.00851 e. The summed E-state index contributed by atoms with van der Waals surface area (Å²) in [5, 5.41) is 0.530. The minimum absolute atomic E-state index is 0.278. The molecule has 0 radical (unpaired) electrons. The van der Waals surface area contributed by atoms with Crippen LogP contribution in [0.15, 0.2) is 0 Å². The summed E-state index contributed by atoms with van der Waals surface area (Å²) in [4.78, 5) is 0. The molecule has 32 heavy (non-hydrogen) atoms. The molecule has 14 atom stereocenters. The Hall–Kier alpha value is 2.10. The van der Waals surface area contributed by atoms with Crippen LogP contribution in [0.4, 0.5) is 0 Å². The first-order valence-electron chi connectivity index (χ1n) is 12.8. The molecular formula is C26H42S6. The average molecular weight is 547 g/mol. The van der Waals surface area contributed by atoms with Crippen molar-refractivity contribution >= 4 is 75.8 Å². The normalized spacial score (nSPS) is 66.1. The molecule has 182 valence electrons. The van der Waals surface area contributed by atoms with E-state index in [0.29, 0.717) is 33.3 Å². The van der Waals surface area contributed by atoms with Gasteiger partial charge in [-0.25, -0.2) is 0 Å². The Morgan fingerprint density at radius 1 is 0.656 bits per heavy atom. The van der Waals surface area contributed by atoms with E-state index in [-0.39, 0.29) is 10.8 Å². The van der Waals surface area contributed by atoms with E-state index in [1.807, 2.05) is 0 Å². The van der Waals surface area contributed by atoms with Crippen LogP contribution in [-0.2, 0) is 0 Å². The van der Waals surface area contributed by atoms with Gasteiger partial charge >= 0.3 is 0 Å². The zero-order chi connectivity index (χ0) is 23.1. The van der Waals surface area contributed by atoms with E-state index >= 15 is 0 Å². The summed E-state index contributed by atoms with van der Waals surface area (Å²) in [6, 6.07) is 0. The third-order valence-electron chi connectivity index (χ3n) is 12.8. The molecular weight excluding hydrogens is 505 g/mol. The summed E-state index contributed by atoms with van der Waals surface area (Å²) in [7, 11) is 0. The van der Waals surface area contributed by atoms with Gasteiger partial charge in [-0.2, -0.15) is 75.8 Å². The molecule has 0 aliphatic heterocycles. The molecule has 0 amide bonds. The topological polar surface area (TPSA) is 0 Å². The first-order valence-corrected chi connectivity index (χ1v) is 16.5. The van der Waals surface area contributed by atoms with E-state index in [1.54, 1.807) is 0 Å². The molecule has 6 saturated carbocycles. The van der Waals surface area contributed by atoms with Gasteiger partial charge < -0.3 is 0 Å². The van der Waals surface area contributed by atoms with E-state index < -0.39 is 0 Å². The fourth-order valence-corrected chi connectivity index (χ4v) is 15.7. The molecule has 0 N–H and O–H groups in total. The second kappa shape index (κ2) is 7.35. The van der Waals surface area contributed by atoms with Gasteiger partial charge in [0.15, 0.2) is 0 Å². The molecule has 0 aromatic rings. The van der Waals surface area contributed by atoms with Gasteiger partial charge in [-0.1, -0.05) is 20.8 Å². The van der Waals surface area contributed by atoms with Crippen molar-refractivity contribution in [3.63, 3.8) is 0 Å². The van der Waals surface area contributed by atoms with Crippen LogP contribution >= 0.6 is 75.8 Å². The number of hydrogen-bond acceptors (Lipinski definition) is 6. The largest absolute Gasteiger partial charge is 0.179 e. The Kier molecular flexibility index (Phi) is 5.62. The average Bonchev–Trinajstić information content (AvgIpc) is 3.51. The summed E-state index contributed by atoms with van der Waals surface area (Å²) in [5.74, 6) is 11.0. The maximum absolute atomic E-state index is 5.58. The molecule has 0 bridgehead atoms. The predicted octanol–water partition coefficient (Wildman–Crippen LogP) is 6.50. The third kappa shape index (κ3) is 2.26. The zero-order valence-electron chi connectivity index (χ0n) is 19.7. The molecule has 0 nitrogen and oxygen atoms in total. The summed E-state index contributed by atoms with van der Waals surface area (Å²) < 4.78 is 0. The SMILES string of the molecule is CC1(CS)CC2C(CS)C3CC(C)(CS)C4C(C)(CS)CC5C(S)C6CC(CS)C1C62C534. The van der Waals surface area contributed by atoms with Crippen molar-refractivity contribution in [2.45, 2.75) is 51.7 Å². The van der Waals surface area contributed by atoms with Crippen LogP contribution in [0.3, 0.4) is 0 Å². The molecule has 6 heteroatoms. The van der Waals surface area contributed by atoms with Gasteiger partial charge in [-0.05, 0) is 129 Å². The predicted molar refractivity (Wildman–Crippen MR) is 158 cm³/mol. The maximum atomic E-state index is 5.58. The van der Waals surface area contributed by atoms with Crippen LogP contribution in [-0.4, -0.2) is 34.0 Å². The standard InChI is InChI=1S/C26H42S6/c1-22(10-29)5-16-14(9-28)17-6-23(2,11-30)21-24(3,12-31)7-18-19(32)15-4-13(8-27)20(22)25(15,16)26(17,18)21/h13-21,27-32H,4-12H2,1-3H3. The quantitative estimate of drug-likeness (QED) is 0.209. The van der Waals surface area contributed by atoms with E-state index in [0.717, 1.165) is 64.3 Å². The summed E-state index contributed by atoms with van der Waals surface area (Å²) in [6.07, 6.45) is 5.35. The van der Waals surface area contributed by atoms with Crippen molar-refractivity contribution in [3.05, 3.63) is 0 Å². The molecule has 2 spiro atoms. The van der Waals surface area contributed by atoms with Crippen LogP contribution in [0.25, 0.3) is 0 Å². The fraction of sp³-hybridized carbons (Fsp3) is 1.00. The lowest BCUT2D eigenvalue weighted by molar-refractivity contribution is -0.0731. The van der Waals surface area contributed by atoms with Gasteiger partial charge in [0.2, 0.25) is 0 Å². The second-order valence-electron chi connectivity index (χ2n) is 13.8. The molecule has 6 fully saturated rings. The van der Waals surface area contributed by atoms with E-state index in [4.69, 9.17) is 75.8 Å². The van der Waals surface area contributed by atoms with Crippen LogP contribution in [0.1, 0.15) is 46.5 Å². The highest BCUT2D eigenvalue weighted by Gasteiger charge is 2.92. The molecule has 0 heterocycles. The molecule has 14 unspecified atom stereocenters. The van der Waals surface area contributed by atoms with Crippen LogP contribution in [0, 0.1) is 74.4 Å². The van der Waals surface area contributed by atoms with Crippen molar-refractivity contribution < 1.29 is 0 Å². The van der Waals surface area contributed by atoms with Gasteiger partial charge in [-0.15, -0.1) is 0 Å². The molecule has 0 saturated heterocycles. The second-order valence-corrected chi connectivity index (χ2v) is 16.0. The van der Waals surface area contributed by atoms with E-state index in [2.05, 4.69) is 20.8 Å². The Morgan fingerprint density at radius 3 is 1.72 bits per heavy atom. The Balaban J connectivity index is 1.69. The Labute approximate surface area is 229 Å². The summed E-state index contributed by atoms with van der Waals surface area (Å²) >= 11 is 30.8. The van der Waals surface area contributed by atoms with Crippen LogP contribution < -0.4 is 0 Å². The zero-order valence-corrected chi connectivity index (χ0v) is 25.1. The van der Waals surface area contributed by atoms with Crippen molar-refractivity contribution in [2.24, 2.45) is 74.4 Å². The molecule has 6 aliphatic carbocycles. The number of rotatable bonds is 5. The monoisotopic (exact) mass is 546 g/mol. The number of thiol groups is 6. The lowest BCUT2D eigenvalue weighted by atomic mass is 9.50. The number of hydrogen-bond donors (Lipinski definition) is 6. The van der Waals surface area contributed by atoms with E-state index in [1.165, 1.54) is 25.7 Å². The van der Waals surface area contributed by atoms with Gasteiger partial charge in [0.05, 0.1) is 0 Å². The van der Waals surface area contributed by atoms with Crippen LogP contribution in [0.2, 0.25) is 0 Å². The van der Waals surface area contributed by atoms with Crippen LogP contribution in [0.5, 0.6) is 0 Å². The van der Waals surface area contributed by atoms with Gasteiger partial charge in [-0.3, -0.25) is 0 Å². The molecule has 6 aliphatic rings. The molecule has 0 aromatic heterocycles. The lowest BCUT2D eigenvalue weighted by Crippen LogP contribution is -2.52. The fourth-order valence-electron chi connectivity index (χ4n) is 13.1. The van der Waals surface area contributed by atoms with Gasteiger partial charge in [0, 0.05) is 5.25 Å². The minimum atomic E-state index is 0.278. The molecule has 6 rings (SSSR count). The smallest absolute Gasteiger partial charge is 0.00851 e. The summed E-state index contributed by atoms with van der Waals surface area (Å²) in [5.41, 5.74) is 1.66. The van der Waals surface area contributed by atoms with Crippen molar-refractivity contribution in [2.75, 3.05) is 28.8 Å². The van der Waals surface area contributed by atoms with Crippen molar-refractivity contribution in [1.29, 1.82) is 0 Å². The van der Waals surface area contributed by atoms with Crippen molar-refractivity contribution in [1.82, 2.24) is 0 Å². The summed E-state index contributed by atoms with van der Waals surface area (Å²) in [6.45, 7) is 7.77. The van der Waals surface area contributed by atoms with Crippen molar-refractivity contribution in [3.8, 4) is 0 Å². The highest BCUT2D eigenvalue weighted by molar-refractivity contribution is 7.81. The third-order valence-corrected chi connectivity index (χ3v) is 16.6. The van der Waals surface area contributed by atoms with E-state index in [9.17, 15) is 0 Å². The van der Waals surface area contributed by atoms with Gasteiger partial charge in [0.1, 0.15) is 0 Å². The Bertz CT molecular complexity index is 820. The highest BCUT2D eigenvalue weighted by Crippen LogP contribution is 2.95. The lowest BCUT2D eigenvalue weighted by Gasteiger charge is -2.54. The first kappa shape index (κ1) is 24.4.